The van der Waals surface area contributed by atoms with Gasteiger partial charge in [0.1, 0.15) is 5.69 Å². The van der Waals surface area contributed by atoms with E-state index in [9.17, 15) is 9.30 Å². The van der Waals surface area contributed by atoms with Crippen LogP contribution in [0.3, 0.4) is 0 Å². The van der Waals surface area contributed by atoms with E-state index in [0.717, 1.165) is 24.1 Å². The molecule has 1 aliphatic rings. The average Bonchev–Trinajstić information content (AvgIpc) is 2.17. The summed E-state index contributed by atoms with van der Waals surface area (Å²) in [6.07, 6.45) is 0.831. The molecule has 0 saturated heterocycles. The van der Waals surface area contributed by atoms with E-state index in [2.05, 4.69) is 10.5 Å². The lowest BCUT2D eigenvalue weighted by Gasteiger charge is -2.16. The van der Waals surface area contributed by atoms with Gasteiger partial charge in [-0.25, -0.2) is 4.39 Å². The molecule has 2 rings (SSSR count). The number of nitroso groups, excluding NO2 is 1. The number of hydrogen-bond donors (Lipinski definition) is 1. The highest BCUT2D eigenvalue weighted by molar-refractivity contribution is 5.46. The molecule has 1 heterocycles. The largest absolute Gasteiger partial charge is 0.312 e. The van der Waals surface area contributed by atoms with Gasteiger partial charge in [-0.15, -0.1) is 4.91 Å². The Morgan fingerprint density at radius 3 is 3.00 bits per heavy atom. The Kier molecular flexibility index (Phi) is 2.06. The first-order valence-electron chi connectivity index (χ1n) is 4.16. The Morgan fingerprint density at radius 1 is 1.38 bits per heavy atom. The number of nitrogens with one attached hydrogen (secondary N) is 1. The minimum Gasteiger partial charge on any atom is -0.312 e. The van der Waals surface area contributed by atoms with Crippen molar-refractivity contribution in [2.75, 3.05) is 6.54 Å². The van der Waals surface area contributed by atoms with Crippen molar-refractivity contribution in [2.45, 2.75) is 13.0 Å². The van der Waals surface area contributed by atoms with Gasteiger partial charge in [-0.3, -0.25) is 0 Å². The molecule has 1 aromatic rings. The Balaban J connectivity index is 2.50. The molecule has 0 unspecified atom stereocenters. The van der Waals surface area contributed by atoms with E-state index in [1.165, 1.54) is 6.07 Å². The standard InChI is InChI=1S/C9H9FN2O/c10-8-3-7-5-11-2-1-6(7)4-9(8)12-13/h3-4,11H,1-2,5H2. The third-order valence-electron chi connectivity index (χ3n) is 2.25. The lowest BCUT2D eigenvalue weighted by Crippen LogP contribution is -2.23. The van der Waals surface area contributed by atoms with Gasteiger partial charge in [0.05, 0.1) is 0 Å². The van der Waals surface area contributed by atoms with Gasteiger partial charge < -0.3 is 5.32 Å². The highest BCUT2D eigenvalue weighted by Crippen LogP contribution is 2.24. The zero-order valence-electron chi connectivity index (χ0n) is 7.01. The Bertz CT molecular complexity index is 352. The van der Waals surface area contributed by atoms with Crippen molar-refractivity contribution in [3.8, 4) is 0 Å². The molecular weight excluding hydrogens is 171 g/mol. The fourth-order valence-electron chi connectivity index (χ4n) is 1.56. The first kappa shape index (κ1) is 8.31. The van der Waals surface area contributed by atoms with Gasteiger partial charge in [-0.05, 0) is 41.4 Å². The van der Waals surface area contributed by atoms with E-state index >= 15 is 0 Å². The highest BCUT2D eigenvalue weighted by atomic mass is 19.1. The van der Waals surface area contributed by atoms with Crippen molar-refractivity contribution in [2.24, 2.45) is 5.18 Å². The summed E-state index contributed by atoms with van der Waals surface area (Å²) in [4.78, 5) is 10.2. The van der Waals surface area contributed by atoms with Gasteiger partial charge in [0.25, 0.3) is 0 Å². The topological polar surface area (TPSA) is 41.5 Å². The van der Waals surface area contributed by atoms with Crippen LogP contribution in [0.15, 0.2) is 17.3 Å². The summed E-state index contributed by atoms with van der Waals surface area (Å²) in [7, 11) is 0. The van der Waals surface area contributed by atoms with E-state index in [4.69, 9.17) is 0 Å². The van der Waals surface area contributed by atoms with Crippen LogP contribution in [0.2, 0.25) is 0 Å². The summed E-state index contributed by atoms with van der Waals surface area (Å²) in [5.41, 5.74) is 1.87. The van der Waals surface area contributed by atoms with Gasteiger partial charge in [-0.2, -0.15) is 0 Å². The van der Waals surface area contributed by atoms with Crippen LogP contribution in [0.4, 0.5) is 10.1 Å². The summed E-state index contributed by atoms with van der Waals surface area (Å²) in [6, 6.07) is 2.93. The molecule has 0 saturated carbocycles. The maximum Gasteiger partial charge on any atom is 0.152 e. The molecule has 0 bridgehead atoms. The van der Waals surface area contributed by atoms with Crippen LogP contribution in [0.25, 0.3) is 0 Å². The number of fused-ring (bicyclic) bond motifs is 1. The monoisotopic (exact) mass is 180 g/mol. The molecule has 0 spiro atoms. The van der Waals surface area contributed by atoms with Crippen molar-refractivity contribution in [1.29, 1.82) is 0 Å². The van der Waals surface area contributed by atoms with Gasteiger partial charge in [0.15, 0.2) is 5.82 Å². The van der Waals surface area contributed by atoms with E-state index in [1.807, 2.05) is 0 Å². The normalized spacial score (nSPS) is 15.2. The van der Waals surface area contributed by atoms with Gasteiger partial charge in [0.2, 0.25) is 0 Å². The van der Waals surface area contributed by atoms with Crippen LogP contribution < -0.4 is 5.32 Å². The minimum absolute atomic E-state index is 0.0827. The molecule has 3 nitrogen and oxygen atoms in total. The predicted molar refractivity (Wildman–Crippen MR) is 47.3 cm³/mol. The smallest absolute Gasteiger partial charge is 0.152 e. The highest BCUT2D eigenvalue weighted by Gasteiger charge is 2.12. The molecule has 1 aromatic carbocycles. The van der Waals surface area contributed by atoms with E-state index < -0.39 is 5.82 Å². The molecule has 0 atom stereocenters. The van der Waals surface area contributed by atoms with E-state index in [0.29, 0.717) is 6.54 Å². The number of benzene rings is 1. The molecule has 0 aliphatic carbocycles. The Morgan fingerprint density at radius 2 is 2.23 bits per heavy atom. The maximum atomic E-state index is 13.1. The summed E-state index contributed by atoms with van der Waals surface area (Å²) in [5, 5.41) is 5.76. The second-order valence-corrected chi connectivity index (χ2v) is 3.09. The van der Waals surface area contributed by atoms with Crippen LogP contribution in [-0.2, 0) is 13.0 Å². The zero-order chi connectivity index (χ0) is 9.26. The molecule has 0 amide bonds. The summed E-state index contributed by atoms with van der Waals surface area (Å²) < 4.78 is 13.1. The van der Waals surface area contributed by atoms with Crippen LogP contribution >= 0.6 is 0 Å². The van der Waals surface area contributed by atoms with Crippen LogP contribution in [0, 0.1) is 10.7 Å². The summed E-state index contributed by atoms with van der Waals surface area (Å²) in [5.74, 6) is -0.530. The maximum absolute atomic E-state index is 13.1. The fraction of sp³-hybridized carbons (Fsp3) is 0.333. The van der Waals surface area contributed by atoms with Gasteiger partial charge in [-0.1, -0.05) is 0 Å². The van der Waals surface area contributed by atoms with Gasteiger partial charge >= 0.3 is 0 Å². The van der Waals surface area contributed by atoms with E-state index in [-0.39, 0.29) is 5.69 Å². The van der Waals surface area contributed by atoms with Crippen molar-refractivity contribution < 1.29 is 4.39 Å². The second-order valence-electron chi connectivity index (χ2n) is 3.09. The molecule has 0 aromatic heterocycles. The molecule has 4 heteroatoms. The molecule has 1 N–H and O–H groups in total. The number of nitrogens with zero attached hydrogens (tertiary/aromatic N) is 1. The lowest BCUT2D eigenvalue weighted by molar-refractivity contribution is 0.606. The fourth-order valence-corrected chi connectivity index (χ4v) is 1.56. The Hall–Kier alpha value is -1.29. The third-order valence-corrected chi connectivity index (χ3v) is 2.25. The van der Waals surface area contributed by atoms with Crippen molar-refractivity contribution in [3.63, 3.8) is 0 Å². The van der Waals surface area contributed by atoms with Crippen LogP contribution in [-0.4, -0.2) is 6.54 Å². The summed E-state index contributed by atoms with van der Waals surface area (Å²) in [6.45, 7) is 1.54. The van der Waals surface area contributed by atoms with Crippen molar-refractivity contribution in [3.05, 3.63) is 34.0 Å². The molecule has 68 valence electrons. The van der Waals surface area contributed by atoms with Crippen molar-refractivity contribution in [1.82, 2.24) is 5.32 Å². The average molecular weight is 180 g/mol. The number of rotatable bonds is 1. The zero-order valence-corrected chi connectivity index (χ0v) is 7.01. The van der Waals surface area contributed by atoms with Gasteiger partial charge in [0, 0.05) is 6.54 Å². The number of halogens is 1. The number of hydrogen-bond acceptors (Lipinski definition) is 3. The second kappa shape index (κ2) is 3.22. The predicted octanol–water partition coefficient (Wildman–Crippen LogP) is 1.87. The van der Waals surface area contributed by atoms with Crippen molar-refractivity contribution >= 4 is 5.69 Å². The van der Waals surface area contributed by atoms with E-state index in [1.54, 1.807) is 6.07 Å². The molecule has 1 aliphatic heterocycles. The lowest BCUT2D eigenvalue weighted by atomic mass is 10.0. The third kappa shape index (κ3) is 1.45. The molecule has 0 fully saturated rings. The van der Waals surface area contributed by atoms with Crippen LogP contribution in [0.1, 0.15) is 11.1 Å². The Labute approximate surface area is 74.9 Å². The van der Waals surface area contributed by atoms with Crippen LogP contribution in [0.5, 0.6) is 0 Å². The SMILES string of the molecule is O=Nc1cc2c(cc1F)CNCC2. The minimum atomic E-state index is -0.530. The molecular formula is C9H9FN2O. The quantitative estimate of drug-likeness (QED) is 0.670. The first-order chi connectivity index (χ1) is 6.31. The first-order valence-corrected chi connectivity index (χ1v) is 4.16. The molecule has 0 radical (unpaired) electrons. The molecule has 13 heavy (non-hydrogen) atoms. The summed E-state index contributed by atoms with van der Waals surface area (Å²) >= 11 is 0.